The van der Waals surface area contributed by atoms with Crippen LogP contribution in [0.3, 0.4) is 0 Å². The highest BCUT2D eigenvalue weighted by Crippen LogP contribution is 2.28. The summed E-state index contributed by atoms with van der Waals surface area (Å²) >= 11 is 8.51. The summed E-state index contributed by atoms with van der Waals surface area (Å²) in [6, 6.07) is 7.87. The molecule has 2 unspecified atom stereocenters. The second-order valence-corrected chi connectivity index (χ2v) is 5.42. The van der Waals surface area contributed by atoms with E-state index in [0.717, 1.165) is 34.5 Å². The maximum atomic E-state index is 6.18. The molecule has 1 aromatic rings. The molecule has 1 fully saturated rings. The number of benzene rings is 1. The van der Waals surface area contributed by atoms with Gasteiger partial charge in [-0.15, -0.1) is 0 Å². The third kappa shape index (κ3) is 3.81. The highest BCUT2D eigenvalue weighted by molar-refractivity contribution is 14.1. The van der Waals surface area contributed by atoms with Crippen LogP contribution in [0.2, 0.25) is 5.02 Å². The summed E-state index contributed by atoms with van der Waals surface area (Å²) in [5.41, 5.74) is 1.07. The van der Waals surface area contributed by atoms with Gasteiger partial charge in [-0.2, -0.15) is 0 Å². The van der Waals surface area contributed by atoms with Crippen LogP contribution in [0.25, 0.3) is 0 Å². The summed E-state index contributed by atoms with van der Waals surface area (Å²) < 4.78 is 12.4. The molecule has 1 saturated heterocycles. The number of ether oxygens (including phenoxy) is 2. The average molecular weight is 367 g/mol. The minimum atomic E-state index is 0.0634. The maximum absolute atomic E-state index is 6.18. The van der Waals surface area contributed by atoms with Crippen LogP contribution >= 0.6 is 34.2 Å². The van der Waals surface area contributed by atoms with Crippen LogP contribution in [0, 0.1) is 0 Å². The van der Waals surface area contributed by atoms with Crippen molar-refractivity contribution in [1.29, 1.82) is 0 Å². The van der Waals surface area contributed by atoms with Gasteiger partial charge in [0.25, 0.3) is 0 Å². The van der Waals surface area contributed by atoms with Gasteiger partial charge in [0.1, 0.15) is 0 Å². The zero-order valence-corrected chi connectivity index (χ0v) is 12.5. The molecule has 0 spiro atoms. The molecule has 1 aromatic carbocycles. The molecule has 17 heavy (non-hydrogen) atoms. The molecular weight excluding hydrogens is 350 g/mol. The normalized spacial score (nSPS) is 21.6. The molecule has 0 saturated carbocycles. The molecule has 0 aromatic heterocycles. The van der Waals surface area contributed by atoms with Crippen LogP contribution in [0.15, 0.2) is 24.3 Å². The van der Waals surface area contributed by atoms with Crippen LogP contribution in [-0.2, 0) is 9.47 Å². The largest absolute Gasteiger partial charge is 0.376 e. The van der Waals surface area contributed by atoms with Gasteiger partial charge >= 0.3 is 0 Å². The highest BCUT2D eigenvalue weighted by atomic mass is 127. The lowest BCUT2D eigenvalue weighted by Crippen LogP contribution is -2.17. The summed E-state index contributed by atoms with van der Waals surface area (Å²) in [7, 11) is 0. The van der Waals surface area contributed by atoms with Gasteiger partial charge in [-0.3, -0.25) is 0 Å². The number of hydrogen-bond donors (Lipinski definition) is 0. The molecule has 4 heteroatoms. The van der Waals surface area contributed by atoms with Gasteiger partial charge < -0.3 is 9.47 Å². The van der Waals surface area contributed by atoms with Gasteiger partial charge in [-0.1, -0.05) is 52.4 Å². The molecule has 1 aliphatic rings. The smallest absolute Gasteiger partial charge is 0.0929 e. The van der Waals surface area contributed by atoms with Crippen molar-refractivity contribution in [2.75, 3.05) is 17.6 Å². The number of rotatable bonds is 5. The van der Waals surface area contributed by atoms with Gasteiger partial charge in [-0.25, -0.2) is 0 Å². The van der Waals surface area contributed by atoms with Gasteiger partial charge in [0.2, 0.25) is 0 Å². The van der Waals surface area contributed by atoms with Crippen molar-refractivity contribution in [3.63, 3.8) is 0 Å². The van der Waals surface area contributed by atoms with E-state index in [1.165, 1.54) is 0 Å². The van der Waals surface area contributed by atoms with Crippen molar-refractivity contribution in [1.82, 2.24) is 0 Å². The predicted octanol–water partition coefficient (Wildman–Crippen LogP) is 4.01. The highest BCUT2D eigenvalue weighted by Gasteiger charge is 2.19. The van der Waals surface area contributed by atoms with Crippen molar-refractivity contribution in [2.24, 2.45) is 0 Å². The summed E-state index contributed by atoms with van der Waals surface area (Å²) in [6.45, 7) is 1.54. The zero-order valence-electron chi connectivity index (χ0n) is 9.57. The quantitative estimate of drug-likeness (QED) is 0.579. The van der Waals surface area contributed by atoms with Crippen LogP contribution < -0.4 is 0 Å². The van der Waals surface area contributed by atoms with Gasteiger partial charge in [0.05, 0.1) is 18.8 Å². The van der Waals surface area contributed by atoms with E-state index in [1.807, 2.05) is 24.3 Å². The second kappa shape index (κ2) is 6.92. The summed E-state index contributed by atoms with van der Waals surface area (Å²) in [5, 5.41) is 0.779. The maximum Gasteiger partial charge on any atom is 0.0929 e. The summed E-state index contributed by atoms with van der Waals surface area (Å²) in [4.78, 5) is 0. The lowest BCUT2D eigenvalue weighted by atomic mass is 10.1. The molecule has 2 atom stereocenters. The first-order valence-corrected chi connectivity index (χ1v) is 7.75. The van der Waals surface area contributed by atoms with E-state index in [4.69, 9.17) is 21.1 Å². The third-order valence-electron chi connectivity index (χ3n) is 2.90. The Hall–Kier alpha value is 0.160. The van der Waals surface area contributed by atoms with E-state index in [9.17, 15) is 0 Å². The monoisotopic (exact) mass is 366 g/mol. The minimum absolute atomic E-state index is 0.0634. The van der Waals surface area contributed by atoms with E-state index in [1.54, 1.807) is 0 Å². The second-order valence-electron chi connectivity index (χ2n) is 4.13. The number of hydrogen-bond acceptors (Lipinski definition) is 2. The molecule has 1 heterocycles. The van der Waals surface area contributed by atoms with E-state index in [-0.39, 0.29) is 12.2 Å². The lowest BCUT2D eigenvalue weighted by molar-refractivity contribution is -0.0121. The van der Waals surface area contributed by atoms with E-state index in [0.29, 0.717) is 6.61 Å². The Balaban J connectivity index is 1.94. The molecule has 0 bridgehead atoms. The molecule has 2 rings (SSSR count). The zero-order chi connectivity index (χ0) is 12.1. The third-order valence-corrected chi connectivity index (χ3v) is 4.04. The molecule has 94 valence electrons. The predicted molar refractivity (Wildman–Crippen MR) is 78.0 cm³/mol. The average Bonchev–Trinajstić information content (AvgIpc) is 2.85. The molecule has 0 N–H and O–H groups in total. The standard InChI is InChI=1S/C13H16ClIO2/c14-12-6-2-1-5-11(12)13(8-15)17-9-10-4-3-7-16-10/h1-2,5-6,10,13H,3-4,7-9H2. The molecule has 0 radical (unpaired) electrons. The van der Waals surface area contributed by atoms with Crippen molar-refractivity contribution in [3.05, 3.63) is 34.9 Å². The van der Waals surface area contributed by atoms with Gasteiger partial charge in [0, 0.05) is 21.6 Å². The topological polar surface area (TPSA) is 18.5 Å². The van der Waals surface area contributed by atoms with Crippen molar-refractivity contribution in [3.8, 4) is 0 Å². The molecular formula is C13H16ClIO2. The molecule has 0 amide bonds. The Labute approximate surface area is 121 Å². The Kier molecular flexibility index (Phi) is 5.53. The molecule has 1 aliphatic heterocycles. The Morgan fingerprint density at radius 3 is 2.94 bits per heavy atom. The molecule has 2 nitrogen and oxygen atoms in total. The van der Waals surface area contributed by atoms with Crippen LogP contribution in [0.4, 0.5) is 0 Å². The van der Waals surface area contributed by atoms with Crippen LogP contribution in [0.5, 0.6) is 0 Å². The van der Waals surface area contributed by atoms with Crippen LogP contribution in [0.1, 0.15) is 24.5 Å². The number of halogens is 2. The SMILES string of the molecule is Clc1ccccc1C(CI)OCC1CCCO1. The van der Waals surface area contributed by atoms with Crippen molar-refractivity contribution < 1.29 is 9.47 Å². The van der Waals surface area contributed by atoms with E-state index in [2.05, 4.69) is 22.6 Å². The molecule has 0 aliphatic carbocycles. The fourth-order valence-electron chi connectivity index (χ4n) is 1.95. The fourth-order valence-corrected chi connectivity index (χ4v) is 2.94. The Bertz CT molecular complexity index is 353. The fraction of sp³-hybridized carbons (Fsp3) is 0.538. The first-order valence-electron chi connectivity index (χ1n) is 5.85. The van der Waals surface area contributed by atoms with Gasteiger partial charge in [0.15, 0.2) is 0 Å². The first-order chi connectivity index (χ1) is 8.31. The number of alkyl halides is 1. The first kappa shape index (κ1) is 13.6. The van der Waals surface area contributed by atoms with Crippen molar-refractivity contribution >= 4 is 34.2 Å². The van der Waals surface area contributed by atoms with E-state index >= 15 is 0 Å². The summed E-state index contributed by atoms with van der Waals surface area (Å²) in [6.07, 6.45) is 2.59. The van der Waals surface area contributed by atoms with E-state index < -0.39 is 0 Å². The Morgan fingerprint density at radius 2 is 2.29 bits per heavy atom. The lowest BCUT2D eigenvalue weighted by Gasteiger charge is -2.19. The Morgan fingerprint density at radius 1 is 1.47 bits per heavy atom. The van der Waals surface area contributed by atoms with Gasteiger partial charge in [-0.05, 0) is 18.9 Å². The van der Waals surface area contributed by atoms with Crippen molar-refractivity contribution in [2.45, 2.75) is 25.0 Å². The van der Waals surface area contributed by atoms with Crippen LogP contribution in [-0.4, -0.2) is 23.7 Å². The summed E-state index contributed by atoms with van der Waals surface area (Å²) in [5.74, 6) is 0. The minimum Gasteiger partial charge on any atom is -0.376 e.